The van der Waals surface area contributed by atoms with Crippen LogP contribution >= 0.6 is 0 Å². The SMILES string of the molecule is CC1(C)CN(C2CC(c3ccc(F)cc3)C2)CC[C@]1(O)c1ccc2ncc(N3CCC(=O)NC3=O)cc2c1F. The molecular formula is C30H32F2N4O3. The summed E-state index contributed by atoms with van der Waals surface area (Å²) in [7, 11) is 0. The molecule has 3 amide bonds. The minimum atomic E-state index is -1.40. The Kier molecular flexibility index (Phi) is 6.19. The molecule has 3 aromatic rings. The van der Waals surface area contributed by atoms with Crippen LogP contribution in [0.25, 0.3) is 10.9 Å². The van der Waals surface area contributed by atoms with Gasteiger partial charge in [0.25, 0.3) is 0 Å². The van der Waals surface area contributed by atoms with E-state index in [1.165, 1.54) is 23.2 Å². The molecule has 2 aromatic carbocycles. The van der Waals surface area contributed by atoms with E-state index in [9.17, 15) is 19.1 Å². The quantitative estimate of drug-likeness (QED) is 0.501. The van der Waals surface area contributed by atoms with Gasteiger partial charge in [-0.1, -0.05) is 32.0 Å². The second-order valence-electron chi connectivity index (χ2n) is 11.8. The number of fused-ring (bicyclic) bond motifs is 1. The Morgan fingerprint density at radius 3 is 2.49 bits per heavy atom. The second-order valence-corrected chi connectivity index (χ2v) is 11.8. The number of anilines is 1. The zero-order valence-corrected chi connectivity index (χ0v) is 22.1. The van der Waals surface area contributed by atoms with Gasteiger partial charge in [0.15, 0.2) is 0 Å². The van der Waals surface area contributed by atoms with Gasteiger partial charge in [-0.15, -0.1) is 0 Å². The Balaban J connectivity index is 1.22. The molecule has 39 heavy (non-hydrogen) atoms. The number of piperidine rings is 1. The van der Waals surface area contributed by atoms with Crippen molar-refractivity contribution in [3.8, 4) is 0 Å². The van der Waals surface area contributed by atoms with Crippen LogP contribution in [0.5, 0.6) is 0 Å². The number of imide groups is 1. The van der Waals surface area contributed by atoms with E-state index < -0.39 is 22.9 Å². The molecule has 0 radical (unpaired) electrons. The van der Waals surface area contributed by atoms with E-state index >= 15 is 4.39 Å². The summed E-state index contributed by atoms with van der Waals surface area (Å²) in [5.41, 5.74) is 0.167. The smallest absolute Gasteiger partial charge is 0.328 e. The van der Waals surface area contributed by atoms with Crippen molar-refractivity contribution in [2.24, 2.45) is 5.41 Å². The van der Waals surface area contributed by atoms with Crippen molar-refractivity contribution < 1.29 is 23.5 Å². The first-order valence-electron chi connectivity index (χ1n) is 13.5. The first kappa shape index (κ1) is 25.8. The Labute approximate surface area is 225 Å². The van der Waals surface area contributed by atoms with E-state index in [1.54, 1.807) is 18.2 Å². The highest BCUT2D eigenvalue weighted by Crippen LogP contribution is 2.50. The zero-order valence-electron chi connectivity index (χ0n) is 22.1. The molecule has 2 N–H and O–H groups in total. The first-order valence-corrected chi connectivity index (χ1v) is 13.5. The number of amides is 3. The third-order valence-electron chi connectivity index (χ3n) is 9.05. The number of urea groups is 1. The molecule has 0 bridgehead atoms. The summed E-state index contributed by atoms with van der Waals surface area (Å²) >= 11 is 0. The van der Waals surface area contributed by atoms with Crippen molar-refractivity contribution in [1.82, 2.24) is 15.2 Å². The lowest BCUT2D eigenvalue weighted by Gasteiger charge is -2.55. The van der Waals surface area contributed by atoms with Crippen LogP contribution in [-0.2, 0) is 10.4 Å². The topological polar surface area (TPSA) is 85.8 Å². The number of nitrogens with one attached hydrogen (secondary N) is 1. The number of hydrogen-bond donors (Lipinski definition) is 2. The lowest BCUT2D eigenvalue weighted by molar-refractivity contribution is -0.140. The number of nitrogens with zero attached hydrogens (tertiary/aromatic N) is 3. The summed E-state index contributed by atoms with van der Waals surface area (Å²) < 4.78 is 29.4. The Bertz CT molecular complexity index is 1450. The van der Waals surface area contributed by atoms with Crippen LogP contribution in [0, 0.1) is 17.0 Å². The van der Waals surface area contributed by atoms with Crippen LogP contribution < -0.4 is 10.2 Å². The number of benzene rings is 2. The van der Waals surface area contributed by atoms with Gasteiger partial charge in [0.05, 0.1) is 23.0 Å². The van der Waals surface area contributed by atoms with Gasteiger partial charge in [0.2, 0.25) is 5.91 Å². The first-order chi connectivity index (χ1) is 18.6. The highest BCUT2D eigenvalue weighted by Gasteiger charge is 2.52. The molecule has 2 saturated heterocycles. The molecule has 1 saturated carbocycles. The predicted molar refractivity (Wildman–Crippen MR) is 143 cm³/mol. The molecule has 0 unspecified atom stereocenters. The average Bonchev–Trinajstić information content (AvgIpc) is 2.86. The average molecular weight is 535 g/mol. The normalized spacial score (nSPS) is 27.4. The Hall–Kier alpha value is -3.43. The molecule has 0 spiro atoms. The number of aromatic nitrogens is 1. The van der Waals surface area contributed by atoms with Crippen molar-refractivity contribution in [1.29, 1.82) is 0 Å². The van der Waals surface area contributed by atoms with Crippen LogP contribution in [0.4, 0.5) is 19.3 Å². The maximum Gasteiger partial charge on any atom is 0.328 e. The molecular weight excluding hydrogens is 502 g/mol. The summed E-state index contributed by atoms with van der Waals surface area (Å²) in [5.74, 6) is -0.714. The largest absolute Gasteiger partial charge is 0.384 e. The molecule has 204 valence electrons. The number of carbonyl (C=O) groups excluding carboxylic acids is 2. The number of carbonyl (C=O) groups is 2. The van der Waals surface area contributed by atoms with Gasteiger partial charge < -0.3 is 5.11 Å². The summed E-state index contributed by atoms with van der Waals surface area (Å²) in [6, 6.07) is 11.4. The molecule has 7 nitrogen and oxygen atoms in total. The number of hydrogen-bond acceptors (Lipinski definition) is 5. The summed E-state index contributed by atoms with van der Waals surface area (Å²) in [4.78, 5) is 32.0. The number of rotatable bonds is 4. The highest BCUT2D eigenvalue weighted by molar-refractivity contribution is 6.06. The standard InChI is InChI=1S/C30H32F2N4O3/c1-29(2)17-35(21-13-19(14-21)18-3-5-20(31)6-4-18)12-10-30(29,39)24-7-8-25-23(27(24)32)15-22(16-33-25)36-11-9-26(37)34-28(36)38/h3-8,15-16,19,21,39H,9-14,17H2,1-2H3,(H,34,37,38)/t19?,21?,30-/m0/s1. The molecule has 3 fully saturated rings. The number of pyridine rings is 1. The van der Waals surface area contributed by atoms with Gasteiger partial charge in [0, 0.05) is 48.5 Å². The molecule has 3 heterocycles. The molecule has 2 aliphatic heterocycles. The molecule has 3 aliphatic rings. The third-order valence-corrected chi connectivity index (χ3v) is 9.05. The van der Waals surface area contributed by atoms with E-state index in [1.807, 2.05) is 26.0 Å². The van der Waals surface area contributed by atoms with Crippen molar-refractivity contribution in [2.45, 2.75) is 57.1 Å². The molecule has 1 atom stereocenters. The van der Waals surface area contributed by atoms with E-state index in [4.69, 9.17) is 0 Å². The fourth-order valence-corrected chi connectivity index (χ4v) is 6.50. The second kappa shape index (κ2) is 9.34. The molecule has 1 aromatic heterocycles. The van der Waals surface area contributed by atoms with Crippen LogP contribution in [-0.4, -0.2) is 52.6 Å². The predicted octanol–water partition coefficient (Wildman–Crippen LogP) is 4.83. The van der Waals surface area contributed by atoms with Gasteiger partial charge in [-0.2, -0.15) is 0 Å². The number of likely N-dealkylation sites (tertiary alicyclic amines) is 1. The van der Waals surface area contributed by atoms with Crippen LogP contribution in [0.2, 0.25) is 0 Å². The lowest BCUT2D eigenvalue weighted by atomic mass is 9.64. The zero-order chi connectivity index (χ0) is 27.5. The van der Waals surface area contributed by atoms with Crippen molar-refractivity contribution >= 4 is 28.5 Å². The van der Waals surface area contributed by atoms with E-state index in [-0.39, 0.29) is 35.6 Å². The van der Waals surface area contributed by atoms with Gasteiger partial charge in [-0.05, 0) is 55.0 Å². The lowest BCUT2D eigenvalue weighted by Crippen LogP contribution is -2.59. The third kappa shape index (κ3) is 4.37. The van der Waals surface area contributed by atoms with E-state index in [0.717, 1.165) is 18.4 Å². The monoisotopic (exact) mass is 534 g/mol. The van der Waals surface area contributed by atoms with Crippen molar-refractivity contribution in [3.63, 3.8) is 0 Å². The Morgan fingerprint density at radius 2 is 1.79 bits per heavy atom. The summed E-state index contributed by atoms with van der Waals surface area (Å²) in [6.07, 6.45) is 3.99. The summed E-state index contributed by atoms with van der Waals surface area (Å²) in [5, 5.41) is 14.5. The maximum absolute atomic E-state index is 16.1. The fraction of sp³-hybridized carbons (Fsp3) is 0.433. The highest BCUT2D eigenvalue weighted by atomic mass is 19.1. The number of halogens is 2. The van der Waals surface area contributed by atoms with Crippen LogP contribution in [0.3, 0.4) is 0 Å². The maximum atomic E-state index is 16.1. The van der Waals surface area contributed by atoms with Crippen molar-refractivity contribution in [2.75, 3.05) is 24.5 Å². The van der Waals surface area contributed by atoms with E-state index in [2.05, 4.69) is 15.2 Å². The Morgan fingerprint density at radius 1 is 1.05 bits per heavy atom. The van der Waals surface area contributed by atoms with Gasteiger partial charge in [0.1, 0.15) is 11.6 Å². The van der Waals surface area contributed by atoms with Crippen LogP contribution in [0.1, 0.15) is 56.6 Å². The van der Waals surface area contributed by atoms with Gasteiger partial charge in [-0.25, -0.2) is 13.6 Å². The molecule has 1 aliphatic carbocycles. The van der Waals surface area contributed by atoms with Gasteiger partial charge in [-0.3, -0.25) is 24.9 Å². The molecule has 6 rings (SSSR count). The fourth-order valence-electron chi connectivity index (χ4n) is 6.50. The van der Waals surface area contributed by atoms with Gasteiger partial charge >= 0.3 is 6.03 Å². The molecule has 9 heteroatoms. The van der Waals surface area contributed by atoms with Crippen LogP contribution in [0.15, 0.2) is 48.7 Å². The summed E-state index contributed by atoms with van der Waals surface area (Å²) in [6.45, 7) is 5.39. The number of aliphatic hydroxyl groups is 1. The van der Waals surface area contributed by atoms with Crippen molar-refractivity contribution in [3.05, 3.63) is 71.4 Å². The van der Waals surface area contributed by atoms with E-state index in [0.29, 0.717) is 42.7 Å². The minimum absolute atomic E-state index is 0.155. The minimum Gasteiger partial charge on any atom is -0.384 e.